The van der Waals surface area contributed by atoms with Crippen LogP contribution in [0.15, 0.2) is 55.0 Å². The van der Waals surface area contributed by atoms with Crippen LogP contribution in [0.25, 0.3) is 33.3 Å². The summed E-state index contributed by atoms with van der Waals surface area (Å²) in [4.78, 5) is 14.8. The highest BCUT2D eigenvalue weighted by atomic mass is 16.5. The predicted molar refractivity (Wildman–Crippen MR) is 129 cm³/mol. The second-order valence-corrected chi connectivity index (χ2v) is 8.02. The Morgan fingerprint density at radius 2 is 1.88 bits per heavy atom. The summed E-state index contributed by atoms with van der Waals surface area (Å²) in [6.45, 7) is 5.43. The van der Waals surface area contributed by atoms with Crippen molar-refractivity contribution < 1.29 is 14.6 Å². The zero-order valence-electron chi connectivity index (χ0n) is 18.5. The third-order valence-corrected chi connectivity index (χ3v) is 5.96. The molecule has 1 fully saturated rings. The van der Waals surface area contributed by atoms with E-state index in [-0.39, 0.29) is 5.75 Å². The number of phenols is 1. The van der Waals surface area contributed by atoms with Gasteiger partial charge in [0.15, 0.2) is 11.5 Å². The van der Waals surface area contributed by atoms with Gasteiger partial charge in [-0.05, 0) is 35.9 Å². The van der Waals surface area contributed by atoms with E-state index in [4.69, 9.17) is 9.47 Å². The molecule has 1 aromatic carbocycles. The molecule has 0 saturated carbocycles. The molecule has 0 amide bonds. The van der Waals surface area contributed by atoms with Crippen molar-refractivity contribution in [1.82, 2.24) is 19.9 Å². The molecule has 0 atom stereocenters. The Bertz CT molecular complexity index is 1230. The Labute approximate surface area is 192 Å². The highest BCUT2D eigenvalue weighted by molar-refractivity contribution is 5.95. The number of hydrogen-bond acceptors (Lipinski definition) is 7. The van der Waals surface area contributed by atoms with E-state index >= 15 is 0 Å². The van der Waals surface area contributed by atoms with Crippen molar-refractivity contribution in [3.63, 3.8) is 0 Å². The minimum absolute atomic E-state index is 0.113. The number of rotatable bonds is 7. The number of nitrogens with zero attached hydrogens (tertiary/aromatic N) is 3. The van der Waals surface area contributed by atoms with Crippen LogP contribution in [0.1, 0.15) is 0 Å². The first-order valence-electron chi connectivity index (χ1n) is 11.1. The van der Waals surface area contributed by atoms with Gasteiger partial charge in [0.05, 0.1) is 20.3 Å². The van der Waals surface area contributed by atoms with Gasteiger partial charge in [0.2, 0.25) is 0 Å². The monoisotopic (exact) mass is 445 g/mol. The number of morpholine rings is 1. The molecule has 0 unspecified atom stereocenters. The van der Waals surface area contributed by atoms with Gasteiger partial charge in [-0.2, -0.15) is 0 Å². The van der Waals surface area contributed by atoms with Gasteiger partial charge in [-0.1, -0.05) is 6.07 Å². The number of H-pyrrole nitrogens is 1. The maximum absolute atomic E-state index is 9.89. The second kappa shape index (κ2) is 9.48. The molecule has 4 aromatic rings. The Morgan fingerprint density at radius 1 is 1.06 bits per heavy atom. The average molecular weight is 446 g/mol. The molecule has 3 aromatic heterocycles. The Balaban J connectivity index is 1.33. The fourth-order valence-corrected chi connectivity index (χ4v) is 4.08. The molecule has 8 nitrogen and oxygen atoms in total. The summed E-state index contributed by atoms with van der Waals surface area (Å²) in [5.74, 6) is 1.41. The van der Waals surface area contributed by atoms with Crippen LogP contribution in [0, 0.1) is 0 Å². The third kappa shape index (κ3) is 4.62. The van der Waals surface area contributed by atoms with E-state index in [1.54, 1.807) is 13.2 Å². The van der Waals surface area contributed by atoms with Crippen LogP contribution in [0.5, 0.6) is 11.5 Å². The molecule has 33 heavy (non-hydrogen) atoms. The molecule has 0 aliphatic carbocycles. The largest absolute Gasteiger partial charge is 0.504 e. The summed E-state index contributed by atoms with van der Waals surface area (Å²) >= 11 is 0. The number of ether oxygens (including phenoxy) is 2. The first-order valence-corrected chi connectivity index (χ1v) is 11.1. The van der Waals surface area contributed by atoms with E-state index in [0.717, 1.165) is 78.5 Å². The van der Waals surface area contributed by atoms with Crippen LogP contribution in [-0.2, 0) is 4.74 Å². The number of aromatic hydroxyl groups is 1. The molecule has 3 N–H and O–H groups in total. The fraction of sp³-hybridized carbons (Fsp3) is 0.280. The van der Waals surface area contributed by atoms with Crippen molar-refractivity contribution in [2.24, 2.45) is 0 Å². The Hall–Kier alpha value is -3.62. The minimum atomic E-state index is 0.113. The standard InChI is InChI=1S/C25H27N5O3/c1-32-23-13-17(2-4-22(23)31)19-12-20-21(16-29-25(20)28-15-19)18-3-5-24(27-14-18)26-6-7-30-8-10-33-11-9-30/h2-5,12-16,31H,6-11H2,1H3,(H,26,27)(H,28,29). The third-order valence-electron chi connectivity index (χ3n) is 5.96. The summed E-state index contributed by atoms with van der Waals surface area (Å²) < 4.78 is 10.6. The van der Waals surface area contributed by atoms with Crippen LogP contribution in [0.4, 0.5) is 5.82 Å². The molecule has 170 valence electrons. The minimum Gasteiger partial charge on any atom is -0.504 e. The van der Waals surface area contributed by atoms with Crippen LogP contribution in [-0.4, -0.2) is 71.5 Å². The Kier molecular flexibility index (Phi) is 6.10. The van der Waals surface area contributed by atoms with E-state index in [9.17, 15) is 5.11 Å². The first-order chi connectivity index (χ1) is 16.2. The zero-order chi connectivity index (χ0) is 22.6. The summed E-state index contributed by atoms with van der Waals surface area (Å²) in [6, 6.07) is 11.5. The summed E-state index contributed by atoms with van der Waals surface area (Å²) in [5.41, 5.74) is 4.73. The van der Waals surface area contributed by atoms with Gasteiger partial charge < -0.3 is 24.9 Å². The molecule has 4 heterocycles. The van der Waals surface area contributed by atoms with Gasteiger partial charge in [0.1, 0.15) is 11.5 Å². The van der Waals surface area contributed by atoms with Crippen LogP contribution in [0.3, 0.4) is 0 Å². The number of aromatic nitrogens is 3. The lowest BCUT2D eigenvalue weighted by Gasteiger charge is -2.26. The van der Waals surface area contributed by atoms with Gasteiger partial charge >= 0.3 is 0 Å². The van der Waals surface area contributed by atoms with Crippen molar-refractivity contribution in [2.75, 3.05) is 51.8 Å². The van der Waals surface area contributed by atoms with Crippen molar-refractivity contribution >= 4 is 16.9 Å². The van der Waals surface area contributed by atoms with Crippen molar-refractivity contribution in [3.05, 3.63) is 55.0 Å². The summed E-state index contributed by atoms with van der Waals surface area (Å²) in [5, 5.41) is 14.3. The summed E-state index contributed by atoms with van der Waals surface area (Å²) in [6.07, 6.45) is 5.66. The number of aromatic amines is 1. The lowest BCUT2D eigenvalue weighted by Crippen LogP contribution is -2.39. The fourth-order valence-electron chi connectivity index (χ4n) is 4.08. The number of fused-ring (bicyclic) bond motifs is 1. The van der Waals surface area contributed by atoms with Crippen LogP contribution in [0.2, 0.25) is 0 Å². The van der Waals surface area contributed by atoms with E-state index < -0.39 is 0 Å². The number of nitrogens with one attached hydrogen (secondary N) is 2. The first kappa shape index (κ1) is 21.2. The molecule has 0 radical (unpaired) electrons. The molecule has 1 saturated heterocycles. The van der Waals surface area contributed by atoms with E-state index in [2.05, 4.69) is 37.3 Å². The van der Waals surface area contributed by atoms with Crippen LogP contribution >= 0.6 is 0 Å². The quantitative estimate of drug-likeness (QED) is 0.399. The molecule has 5 rings (SSSR count). The number of pyridine rings is 2. The lowest BCUT2D eigenvalue weighted by atomic mass is 10.0. The SMILES string of the molecule is COc1cc(-c2cnc3[nH]cc(-c4ccc(NCCN5CCOCC5)nc4)c3c2)ccc1O. The molecule has 0 spiro atoms. The van der Waals surface area contributed by atoms with Gasteiger partial charge in [0, 0.05) is 66.8 Å². The van der Waals surface area contributed by atoms with Crippen molar-refractivity contribution in [2.45, 2.75) is 0 Å². The Morgan fingerprint density at radius 3 is 2.67 bits per heavy atom. The maximum atomic E-state index is 9.89. The van der Waals surface area contributed by atoms with Gasteiger partial charge in [-0.15, -0.1) is 0 Å². The van der Waals surface area contributed by atoms with Gasteiger partial charge in [-0.3, -0.25) is 4.90 Å². The number of methoxy groups -OCH3 is 1. The van der Waals surface area contributed by atoms with Crippen molar-refractivity contribution in [1.29, 1.82) is 0 Å². The van der Waals surface area contributed by atoms with E-state index in [1.807, 2.05) is 36.8 Å². The van der Waals surface area contributed by atoms with E-state index in [1.165, 1.54) is 0 Å². The number of hydrogen-bond donors (Lipinski definition) is 3. The van der Waals surface area contributed by atoms with E-state index in [0.29, 0.717) is 5.75 Å². The van der Waals surface area contributed by atoms with Gasteiger partial charge in [-0.25, -0.2) is 9.97 Å². The highest BCUT2D eigenvalue weighted by Gasteiger charge is 2.12. The van der Waals surface area contributed by atoms with Crippen molar-refractivity contribution in [3.8, 4) is 33.8 Å². The average Bonchev–Trinajstić information content (AvgIpc) is 3.29. The molecular formula is C25H27N5O3. The molecule has 1 aliphatic heterocycles. The number of anilines is 1. The predicted octanol–water partition coefficient (Wildman–Crippen LogP) is 3.75. The topological polar surface area (TPSA) is 95.5 Å². The smallest absolute Gasteiger partial charge is 0.161 e. The highest BCUT2D eigenvalue weighted by Crippen LogP contribution is 2.34. The second-order valence-electron chi connectivity index (χ2n) is 8.02. The normalized spacial score (nSPS) is 14.5. The molecule has 0 bridgehead atoms. The summed E-state index contributed by atoms with van der Waals surface area (Å²) in [7, 11) is 1.54. The molecule has 8 heteroatoms. The number of benzene rings is 1. The van der Waals surface area contributed by atoms with Crippen LogP contribution < -0.4 is 10.1 Å². The molecular weight excluding hydrogens is 418 g/mol. The lowest BCUT2D eigenvalue weighted by molar-refractivity contribution is 0.0398. The number of phenolic OH excluding ortho intramolecular Hbond substituents is 1. The maximum Gasteiger partial charge on any atom is 0.161 e. The van der Waals surface area contributed by atoms with Gasteiger partial charge in [0.25, 0.3) is 0 Å². The zero-order valence-corrected chi connectivity index (χ0v) is 18.5. The molecule has 1 aliphatic rings.